The van der Waals surface area contributed by atoms with Crippen LogP contribution in [0.5, 0.6) is 5.75 Å². The smallest absolute Gasteiger partial charge is 0.261 e. The van der Waals surface area contributed by atoms with E-state index in [9.17, 15) is 18.3 Å². The first-order valence-corrected chi connectivity index (χ1v) is 13.3. The van der Waals surface area contributed by atoms with Crippen molar-refractivity contribution in [2.45, 2.75) is 4.90 Å². The number of aromatic hydroxyl groups is 1. The average molecular weight is 536 g/mol. The lowest BCUT2D eigenvalue weighted by atomic mass is 10.1. The number of aromatic nitrogens is 1. The predicted octanol–water partition coefficient (Wildman–Crippen LogP) is 6.38. The second kappa shape index (κ2) is 9.62. The van der Waals surface area contributed by atoms with Gasteiger partial charge in [-0.1, -0.05) is 23.7 Å². The molecule has 1 aromatic heterocycles. The molecule has 0 aliphatic heterocycles. The van der Waals surface area contributed by atoms with E-state index in [0.29, 0.717) is 32.5 Å². The van der Waals surface area contributed by atoms with Gasteiger partial charge in [0, 0.05) is 22.0 Å². The number of nitrogens with zero attached hydrogens (tertiary/aromatic N) is 1. The maximum atomic E-state index is 12.8. The standard InChI is InChI=1S/C26H18ClN3O4S2/c27-17-7-12-20(13-8-17)36(33,34)30-18-9-5-16(6-10-18)25(32)28-19-11-14-23(31)21(15-19)26-29-22-3-1-2-4-24(22)35-26/h1-15,30-31H,(H,28,32). The largest absolute Gasteiger partial charge is 0.507 e. The highest BCUT2D eigenvalue weighted by molar-refractivity contribution is 7.92. The second-order valence-corrected chi connectivity index (χ2v) is 11.0. The minimum atomic E-state index is -3.79. The van der Waals surface area contributed by atoms with Crippen LogP contribution in [0.1, 0.15) is 10.4 Å². The second-order valence-electron chi connectivity index (χ2n) is 7.81. The number of halogens is 1. The summed E-state index contributed by atoms with van der Waals surface area (Å²) in [5.74, 6) is -0.326. The van der Waals surface area contributed by atoms with Crippen molar-refractivity contribution in [3.8, 4) is 16.3 Å². The van der Waals surface area contributed by atoms with Gasteiger partial charge in [0.1, 0.15) is 10.8 Å². The van der Waals surface area contributed by atoms with Crippen LogP contribution in [0.15, 0.2) is 95.9 Å². The zero-order valence-electron chi connectivity index (χ0n) is 18.5. The van der Waals surface area contributed by atoms with Gasteiger partial charge in [0.25, 0.3) is 15.9 Å². The first-order chi connectivity index (χ1) is 17.3. The first-order valence-electron chi connectivity index (χ1n) is 10.7. The fourth-order valence-corrected chi connectivity index (χ4v) is 5.67. The Labute approximate surface area is 216 Å². The highest BCUT2D eigenvalue weighted by Gasteiger charge is 2.16. The Balaban J connectivity index is 1.31. The highest BCUT2D eigenvalue weighted by atomic mass is 35.5. The molecule has 4 aromatic carbocycles. The zero-order chi connectivity index (χ0) is 25.3. The third-order valence-electron chi connectivity index (χ3n) is 5.30. The Hall–Kier alpha value is -3.92. The summed E-state index contributed by atoms with van der Waals surface area (Å²) in [4.78, 5) is 17.4. The number of sulfonamides is 1. The van der Waals surface area contributed by atoms with Gasteiger partial charge in [-0.3, -0.25) is 9.52 Å². The summed E-state index contributed by atoms with van der Waals surface area (Å²) in [6, 6.07) is 24.3. The molecule has 5 rings (SSSR count). The van der Waals surface area contributed by atoms with Crippen molar-refractivity contribution >= 4 is 60.5 Å². The summed E-state index contributed by atoms with van der Waals surface area (Å²) < 4.78 is 28.6. The fourth-order valence-electron chi connectivity index (χ4n) is 3.49. The summed E-state index contributed by atoms with van der Waals surface area (Å²) >= 11 is 7.27. The summed E-state index contributed by atoms with van der Waals surface area (Å²) in [5, 5.41) is 14.3. The number of carbonyl (C=O) groups is 1. The van der Waals surface area contributed by atoms with Crippen molar-refractivity contribution in [1.29, 1.82) is 0 Å². The number of para-hydroxylation sites is 1. The van der Waals surface area contributed by atoms with E-state index in [1.54, 1.807) is 12.1 Å². The molecular weight excluding hydrogens is 518 g/mol. The molecule has 1 heterocycles. The number of fused-ring (bicyclic) bond motifs is 1. The normalized spacial score (nSPS) is 11.4. The van der Waals surface area contributed by atoms with Gasteiger partial charge in [0.15, 0.2) is 0 Å². The fraction of sp³-hybridized carbons (Fsp3) is 0. The van der Waals surface area contributed by atoms with Gasteiger partial charge in [-0.2, -0.15) is 0 Å². The van der Waals surface area contributed by atoms with E-state index in [1.165, 1.54) is 65.9 Å². The molecule has 10 heteroatoms. The van der Waals surface area contributed by atoms with E-state index >= 15 is 0 Å². The number of hydrogen-bond donors (Lipinski definition) is 3. The number of amides is 1. The molecule has 1 amide bonds. The van der Waals surface area contributed by atoms with Crippen molar-refractivity contribution < 1.29 is 18.3 Å². The van der Waals surface area contributed by atoms with Gasteiger partial charge in [-0.05, 0) is 78.9 Å². The number of hydrogen-bond acceptors (Lipinski definition) is 6. The van der Waals surface area contributed by atoms with E-state index in [0.717, 1.165) is 10.2 Å². The molecule has 0 spiro atoms. The molecule has 0 saturated heterocycles. The van der Waals surface area contributed by atoms with Crippen molar-refractivity contribution in [3.63, 3.8) is 0 Å². The van der Waals surface area contributed by atoms with Gasteiger partial charge in [-0.15, -0.1) is 11.3 Å². The molecule has 36 heavy (non-hydrogen) atoms. The van der Waals surface area contributed by atoms with Crippen molar-refractivity contribution in [2.75, 3.05) is 10.0 Å². The lowest BCUT2D eigenvalue weighted by Crippen LogP contribution is -2.14. The third kappa shape index (κ3) is 5.03. The SMILES string of the molecule is O=C(Nc1ccc(O)c(-c2nc3ccccc3s2)c1)c1ccc(NS(=O)(=O)c2ccc(Cl)cc2)cc1. The maximum absolute atomic E-state index is 12.8. The molecule has 0 saturated carbocycles. The van der Waals surface area contributed by atoms with Gasteiger partial charge in [-0.25, -0.2) is 13.4 Å². The van der Waals surface area contributed by atoms with Gasteiger partial charge >= 0.3 is 0 Å². The Morgan fingerprint density at radius 2 is 1.58 bits per heavy atom. The number of phenolic OH excluding ortho intramolecular Hbond substituents is 1. The van der Waals surface area contributed by atoms with Crippen LogP contribution < -0.4 is 10.0 Å². The van der Waals surface area contributed by atoms with Crippen LogP contribution in [0.2, 0.25) is 5.02 Å². The third-order valence-corrected chi connectivity index (χ3v) is 8.02. The number of anilines is 2. The molecule has 0 bridgehead atoms. The number of thiazole rings is 1. The average Bonchev–Trinajstić information content (AvgIpc) is 3.30. The number of rotatable bonds is 6. The summed E-state index contributed by atoms with van der Waals surface area (Å²) in [5.41, 5.74) is 2.47. The molecular formula is C26H18ClN3O4S2. The monoisotopic (exact) mass is 535 g/mol. The van der Waals surface area contributed by atoms with Gasteiger partial charge in [0.2, 0.25) is 0 Å². The lowest BCUT2D eigenvalue weighted by Gasteiger charge is -2.10. The molecule has 7 nitrogen and oxygen atoms in total. The highest BCUT2D eigenvalue weighted by Crippen LogP contribution is 2.36. The lowest BCUT2D eigenvalue weighted by molar-refractivity contribution is 0.102. The maximum Gasteiger partial charge on any atom is 0.261 e. The van der Waals surface area contributed by atoms with Gasteiger partial charge < -0.3 is 10.4 Å². The summed E-state index contributed by atoms with van der Waals surface area (Å²) in [6.07, 6.45) is 0. The molecule has 0 atom stereocenters. The molecule has 5 aromatic rings. The Bertz CT molecular complexity index is 1650. The number of nitrogens with one attached hydrogen (secondary N) is 2. The van der Waals surface area contributed by atoms with Crippen molar-refractivity contribution in [2.24, 2.45) is 0 Å². The molecule has 3 N–H and O–H groups in total. The van der Waals surface area contributed by atoms with E-state index in [2.05, 4.69) is 15.0 Å². The van der Waals surface area contributed by atoms with E-state index in [-0.39, 0.29) is 16.6 Å². The number of benzene rings is 4. The molecule has 0 fully saturated rings. The Morgan fingerprint density at radius 3 is 2.31 bits per heavy atom. The predicted molar refractivity (Wildman–Crippen MR) is 143 cm³/mol. The van der Waals surface area contributed by atoms with Crippen LogP contribution in [0.4, 0.5) is 11.4 Å². The first kappa shape index (κ1) is 23.8. The van der Waals surface area contributed by atoms with Crippen LogP contribution in [0.3, 0.4) is 0 Å². The van der Waals surface area contributed by atoms with Crippen LogP contribution >= 0.6 is 22.9 Å². The Morgan fingerprint density at radius 1 is 0.889 bits per heavy atom. The van der Waals surface area contributed by atoms with E-state index in [1.807, 2.05) is 24.3 Å². The molecule has 180 valence electrons. The summed E-state index contributed by atoms with van der Waals surface area (Å²) in [7, 11) is -3.79. The topological polar surface area (TPSA) is 108 Å². The van der Waals surface area contributed by atoms with E-state index in [4.69, 9.17) is 11.6 Å². The van der Waals surface area contributed by atoms with Crippen LogP contribution in [-0.4, -0.2) is 24.4 Å². The van der Waals surface area contributed by atoms with Gasteiger partial charge in [0.05, 0.1) is 20.7 Å². The van der Waals surface area contributed by atoms with E-state index < -0.39 is 10.0 Å². The minimum Gasteiger partial charge on any atom is -0.507 e. The van der Waals surface area contributed by atoms with Crippen LogP contribution in [-0.2, 0) is 10.0 Å². The molecule has 0 radical (unpaired) electrons. The minimum absolute atomic E-state index is 0.0596. The van der Waals surface area contributed by atoms with Crippen LogP contribution in [0, 0.1) is 0 Å². The van der Waals surface area contributed by atoms with Crippen LogP contribution in [0.25, 0.3) is 20.8 Å². The van der Waals surface area contributed by atoms with Crippen molar-refractivity contribution in [1.82, 2.24) is 4.98 Å². The Kier molecular flexibility index (Phi) is 6.36. The molecule has 0 aliphatic carbocycles. The zero-order valence-corrected chi connectivity index (χ0v) is 20.9. The molecule has 0 aliphatic rings. The number of carbonyl (C=O) groups excluding carboxylic acids is 1. The van der Waals surface area contributed by atoms with Crippen molar-refractivity contribution in [3.05, 3.63) is 102 Å². The summed E-state index contributed by atoms with van der Waals surface area (Å²) in [6.45, 7) is 0. The number of phenols is 1. The molecule has 0 unspecified atom stereocenters. The quantitative estimate of drug-likeness (QED) is 0.219.